The molecule has 0 aliphatic rings. The molecule has 0 atom stereocenters. The minimum Gasteiger partial charge on any atom is -0.370 e. The molecule has 0 unspecified atom stereocenters. The van der Waals surface area contributed by atoms with Crippen molar-refractivity contribution in [2.45, 2.75) is 47.0 Å². The average molecular weight is 473 g/mol. The van der Waals surface area contributed by atoms with E-state index in [2.05, 4.69) is 20.0 Å². The van der Waals surface area contributed by atoms with Gasteiger partial charge in [-0.05, 0) is 48.9 Å². The molecule has 2 aromatic rings. The fourth-order valence-corrected chi connectivity index (χ4v) is 3.51. The Morgan fingerprint density at radius 2 is 1.06 bits per heavy atom. The van der Waals surface area contributed by atoms with Crippen LogP contribution in [-0.4, -0.2) is 33.7 Å². The third-order valence-electron chi connectivity index (χ3n) is 4.92. The second-order valence-electron chi connectivity index (χ2n) is 6.73. The molecule has 2 aromatic heterocycles. The molecular weight excluding hydrogens is 443 g/mol. The zero-order valence-corrected chi connectivity index (χ0v) is 19.6. The number of halogens is 2. The number of H-pyrrole nitrogens is 2. The average Bonchev–Trinajstić information content (AvgIpc) is 3.11. The van der Waals surface area contributed by atoms with Crippen LogP contribution in [0.5, 0.6) is 0 Å². The maximum atomic E-state index is 12.3. The second kappa shape index (κ2) is 11.4. The monoisotopic (exact) mass is 472 g/mol. The Morgan fingerprint density at radius 1 is 0.742 bits per heavy atom. The van der Waals surface area contributed by atoms with Gasteiger partial charge in [0.1, 0.15) is 11.4 Å². The fraction of sp³-hybridized carbons (Fsp3) is 0.368. The van der Waals surface area contributed by atoms with Gasteiger partial charge in [-0.15, -0.1) is 24.8 Å². The third-order valence-corrected chi connectivity index (χ3v) is 4.92. The number of guanidine groups is 2. The lowest BCUT2D eigenvalue weighted by molar-refractivity contribution is 0.0989. The zero-order chi connectivity index (χ0) is 21.9. The number of hydrogen-bond donors (Lipinski definition) is 6. The summed E-state index contributed by atoms with van der Waals surface area (Å²) in [6, 6.07) is 0. The van der Waals surface area contributed by atoms with Crippen LogP contribution in [0.4, 0.5) is 0 Å². The summed E-state index contributed by atoms with van der Waals surface area (Å²) in [5.41, 5.74) is 27.4. The van der Waals surface area contributed by atoms with Crippen molar-refractivity contribution < 1.29 is 9.59 Å². The molecule has 0 aliphatic carbocycles. The van der Waals surface area contributed by atoms with Gasteiger partial charge in [-0.1, -0.05) is 13.8 Å². The summed E-state index contributed by atoms with van der Waals surface area (Å²) in [6.07, 6.45) is 1.74. The Labute approximate surface area is 193 Å². The molecule has 172 valence electrons. The quantitative estimate of drug-likeness (QED) is 0.270. The highest BCUT2D eigenvalue weighted by molar-refractivity contribution is 6.02. The van der Waals surface area contributed by atoms with Gasteiger partial charge in [-0.3, -0.25) is 9.59 Å². The van der Waals surface area contributed by atoms with Crippen LogP contribution in [-0.2, 0) is 19.3 Å². The van der Waals surface area contributed by atoms with Crippen molar-refractivity contribution in [1.29, 1.82) is 0 Å². The normalized spacial score (nSPS) is 9.94. The van der Waals surface area contributed by atoms with Crippen molar-refractivity contribution in [1.82, 2.24) is 9.97 Å². The maximum Gasteiger partial charge on any atom is 0.296 e. The first-order valence-electron chi connectivity index (χ1n) is 9.29. The Morgan fingerprint density at radius 3 is 1.32 bits per heavy atom. The van der Waals surface area contributed by atoms with Crippen molar-refractivity contribution in [3.63, 3.8) is 0 Å². The summed E-state index contributed by atoms with van der Waals surface area (Å²) in [7, 11) is 0. The van der Waals surface area contributed by atoms with Crippen LogP contribution >= 0.6 is 24.8 Å². The summed E-state index contributed by atoms with van der Waals surface area (Å²) in [4.78, 5) is 38.3. The number of rotatable bonds is 6. The van der Waals surface area contributed by atoms with Gasteiger partial charge in [0.2, 0.25) is 0 Å². The van der Waals surface area contributed by atoms with Gasteiger partial charge in [-0.2, -0.15) is 9.98 Å². The highest BCUT2D eigenvalue weighted by Crippen LogP contribution is 2.26. The summed E-state index contributed by atoms with van der Waals surface area (Å²) in [5, 5.41) is 0. The molecule has 10 N–H and O–H groups in total. The lowest BCUT2D eigenvalue weighted by atomic mass is 10.0. The first kappa shape index (κ1) is 28.0. The minimum atomic E-state index is -0.516. The standard InChI is InChI=1S/C19H28N8O2.2ClH/c1-5-10-8(3)12(24-14(10)16(28)26-18(20)21)7-13-9(4)11(6-2)15(25-13)17(29)27-19(22)23;;/h24-25H,5-7H2,1-4H3,(H4,20,21,26,28)(H4,22,23,27,29);2*1H. The molecule has 0 spiro atoms. The number of aromatic nitrogens is 2. The van der Waals surface area contributed by atoms with Crippen LogP contribution in [0.25, 0.3) is 0 Å². The summed E-state index contributed by atoms with van der Waals surface area (Å²) >= 11 is 0. The summed E-state index contributed by atoms with van der Waals surface area (Å²) < 4.78 is 0. The molecule has 0 bridgehead atoms. The molecule has 0 saturated carbocycles. The molecule has 0 radical (unpaired) electrons. The van der Waals surface area contributed by atoms with E-state index in [1.165, 1.54) is 0 Å². The van der Waals surface area contributed by atoms with Crippen molar-refractivity contribution in [2.75, 3.05) is 0 Å². The van der Waals surface area contributed by atoms with E-state index < -0.39 is 11.8 Å². The van der Waals surface area contributed by atoms with Gasteiger partial charge >= 0.3 is 0 Å². The van der Waals surface area contributed by atoms with Gasteiger partial charge in [0.05, 0.1) is 0 Å². The third kappa shape index (κ3) is 6.02. The molecule has 31 heavy (non-hydrogen) atoms. The number of carbonyl (C=O) groups excluding carboxylic acids is 2. The molecule has 2 rings (SSSR count). The zero-order valence-electron chi connectivity index (χ0n) is 18.0. The van der Waals surface area contributed by atoms with Crippen LogP contribution in [0.3, 0.4) is 0 Å². The van der Waals surface area contributed by atoms with Crippen molar-refractivity contribution in [2.24, 2.45) is 32.9 Å². The van der Waals surface area contributed by atoms with Crippen molar-refractivity contribution in [3.05, 3.63) is 45.0 Å². The smallest absolute Gasteiger partial charge is 0.296 e. The van der Waals surface area contributed by atoms with Crippen LogP contribution in [0, 0.1) is 13.8 Å². The first-order chi connectivity index (χ1) is 13.6. The Bertz CT molecular complexity index is 933. The Kier molecular flexibility index (Phi) is 10.3. The van der Waals surface area contributed by atoms with E-state index in [4.69, 9.17) is 22.9 Å². The number of aromatic amines is 2. The first-order valence-corrected chi connectivity index (χ1v) is 9.29. The number of aliphatic imine (C=N–C) groups is 2. The van der Waals surface area contributed by atoms with E-state index in [1.54, 1.807) is 0 Å². The SMILES string of the molecule is CCc1c(C(=O)N=C(N)N)[nH]c(Cc2[nH]c(C(=O)N=C(N)N)c(CC)c2C)c1C.Cl.Cl. The second-order valence-corrected chi connectivity index (χ2v) is 6.73. The van der Waals surface area contributed by atoms with Crippen LogP contribution in [0.1, 0.15) is 68.5 Å². The van der Waals surface area contributed by atoms with Gasteiger partial charge in [0, 0.05) is 17.8 Å². The molecule has 0 fully saturated rings. The molecule has 2 heterocycles. The number of nitrogens with one attached hydrogen (secondary N) is 2. The topological polar surface area (TPSA) is 195 Å². The van der Waals surface area contributed by atoms with Crippen LogP contribution in [0.2, 0.25) is 0 Å². The highest BCUT2D eigenvalue weighted by Gasteiger charge is 2.22. The van der Waals surface area contributed by atoms with Gasteiger partial charge < -0.3 is 32.9 Å². The molecule has 0 aromatic carbocycles. The van der Waals surface area contributed by atoms with E-state index in [0.717, 1.165) is 33.6 Å². The lowest BCUT2D eigenvalue weighted by Gasteiger charge is -2.02. The molecule has 12 heteroatoms. The molecule has 0 saturated heterocycles. The Balaban J connectivity index is 0.00000450. The van der Waals surface area contributed by atoms with Crippen LogP contribution in [0.15, 0.2) is 9.98 Å². The number of nitrogens with two attached hydrogens (primary N) is 4. The summed E-state index contributed by atoms with van der Waals surface area (Å²) in [5.74, 6) is -1.61. The van der Waals surface area contributed by atoms with Gasteiger partial charge in [0.25, 0.3) is 11.8 Å². The molecular formula is C19H30Cl2N8O2. The van der Waals surface area contributed by atoms with E-state index in [9.17, 15) is 9.59 Å². The number of amides is 2. The predicted octanol–water partition coefficient (Wildman–Crippen LogP) is 1.35. The van der Waals surface area contributed by atoms with E-state index >= 15 is 0 Å². The van der Waals surface area contributed by atoms with E-state index in [-0.39, 0.29) is 36.7 Å². The summed E-state index contributed by atoms with van der Waals surface area (Å²) in [6.45, 7) is 7.77. The van der Waals surface area contributed by atoms with Gasteiger partial charge in [0.15, 0.2) is 11.9 Å². The van der Waals surface area contributed by atoms with Crippen molar-refractivity contribution in [3.8, 4) is 0 Å². The maximum absolute atomic E-state index is 12.3. The van der Waals surface area contributed by atoms with E-state index in [0.29, 0.717) is 30.7 Å². The fourth-order valence-electron chi connectivity index (χ4n) is 3.51. The van der Waals surface area contributed by atoms with Crippen LogP contribution < -0.4 is 22.9 Å². The minimum absolute atomic E-state index is 0. The largest absolute Gasteiger partial charge is 0.370 e. The molecule has 10 nitrogen and oxygen atoms in total. The van der Waals surface area contributed by atoms with E-state index in [1.807, 2.05) is 27.7 Å². The molecule has 0 aliphatic heterocycles. The predicted molar refractivity (Wildman–Crippen MR) is 127 cm³/mol. The molecule has 2 amide bonds. The Hall–Kier alpha value is -2.98. The number of nitrogens with zero attached hydrogens (tertiary/aromatic N) is 2. The number of hydrogen-bond acceptors (Lipinski definition) is 2. The van der Waals surface area contributed by atoms with Gasteiger partial charge in [-0.25, -0.2) is 0 Å². The number of carbonyl (C=O) groups is 2. The lowest BCUT2D eigenvalue weighted by Crippen LogP contribution is -2.24. The highest BCUT2D eigenvalue weighted by atomic mass is 35.5. The van der Waals surface area contributed by atoms with Crippen molar-refractivity contribution >= 4 is 48.5 Å².